The summed E-state index contributed by atoms with van der Waals surface area (Å²) in [7, 11) is 0. The summed E-state index contributed by atoms with van der Waals surface area (Å²) in [5.41, 5.74) is 2.89. The fraction of sp³-hybridized carbons (Fsp3) is 0.667. The Morgan fingerprint density at radius 2 is 1.80 bits per heavy atom. The average molecular weight is 276 g/mol. The van der Waals surface area contributed by atoms with Crippen molar-refractivity contribution in [2.24, 2.45) is 0 Å². The molecule has 2 atom stereocenters. The Bertz CT molecular complexity index is 398. The number of hydrogen-bond acceptors (Lipinski definition) is 2. The van der Waals surface area contributed by atoms with Crippen LogP contribution in [0.3, 0.4) is 0 Å². The number of aryl methyl sites for hydroxylation is 1. The summed E-state index contributed by atoms with van der Waals surface area (Å²) in [6.07, 6.45) is 1.14. The molecule has 1 rings (SSSR count). The van der Waals surface area contributed by atoms with Crippen molar-refractivity contribution in [1.82, 2.24) is 10.2 Å². The van der Waals surface area contributed by atoms with Gasteiger partial charge in [0.05, 0.1) is 6.04 Å². The molecule has 2 unspecified atom stereocenters. The Balaban J connectivity index is 3.21. The van der Waals surface area contributed by atoms with Gasteiger partial charge in [-0.3, -0.25) is 4.90 Å². The molecule has 20 heavy (non-hydrogen) atoms. The smallest absolute Gasteiger partial charge is 0.0504 e. The van der Waals surface area contributed by atoms with E-state index in [0.717, 1.165) is 26.1 Å². The lowest BCUT2D eigenvalue weighted by Crippen LogP contribution is -2.54. The molecule has 0 heterocycles. The molecule has 0 aromatic heterocycles. The first kappa shape index (κ1) is 17.2. The highest BCUT2D eigenvalue weighted by atomic mass is 15.2. The maximum absolute atomic E-state index is 3.73. The minimum atomic E-state index is 0.146. The number of rotatable bonds is 8. The van der Waals surface area contributed by atoms with Crippen LogP contribution in [0.1, 0.15) is 58.2 Å². The highest BCUT2D eigenvalue weighted by molar-refractivity contribution is 5.28. The van der Waals surface area contributed by atoms with Crippen molar-refractivity contribution < 1.29 is 0 Å². The molecule has 0 spiro atoms. The molecule has 0 aliphatic heterocycles. The highest BCUT2D eigenvalue weighted by Crippen LogP contribution is 2.34. The van der Waals surface area contributed by atoms with Crippen LogP contribution in [-0.4, -0.2) is 30.1 Å². The van der Waals surface area contributed by atoms with E-state index in [-0.39, 0.29) is 5.54 Å². The van der Waals surface area contributed by atoms with Crippen LogP contribution in [0, 0.1) is 6.92 Å². The summed E-state index contributed by atoms with van der Waals surface area (Å²) >= 11 is 0. The molecule has 0 aliphatic carbocycles. The van der Waals surface area contributed by atoms with Crippen LogP contribution in [0.25, 0.3) is 0 Å². The largest absolute Gasteiger partial charge is 0.309 e. The molecular formula is C18H32N2. The molecule has 0 bridgehead atoms. The maximum atomic E-state index is 3.73. The van der Waals surface area contributed by atoms with Crippen molar-refractivity contribution in [3.63, 3.8) is 0 Å². The average Bonchev–Trinajstić information content (AvgIpc) is 2.45. The second-order valence-electron chi connectivity index (χ2n) is 5.79. The van der Waals surface area contributed by atoms with Gasteiger partial charge in [0, 0.05) is 5.54 Å². The van der Waals surface area contributed by atoms with Crippen LogP contribution >= 0.6 is 0 Å². The molecule has 1 aromatic rings. The fourth-order valence-corrected chi connectivity index (χ4v) is 3.31. The summed E-state index contributed by atoms with van der Waals surface area (Å²) in [4.78, 5) is 2.59. The minimum Gasteiger partial charge on any atom is -0.309 e. The summed E-state index contributed by atoms with van der Waals surface area (Å²) in [5, 5.41) is 3.73. The molecular weight excluding hydrogens is 244 g/mol. The zero-order chi connectivity index (χ0) is 15.2. The van der Waals surface area contributed by atoms with Gasteiger partial charge in [-0.2, -0.15) is 0 Å². The van der Waals surface area contributed by atoms with Gasteiger partial charge in [-0.1, -0.05) is 57.5 Å². The van der Waals surface area contributed by atoms with Crippen LogP contribution in [0.15, 0.2) is 24.3 Å². The van der Waals surface area contributed by atoms with Gasteiger partial charge in [0.1, 0.15) is 0 Å². The third kappa shape index (κ3) is 3.62. The molecule has 0 radical (unpaired) electrons. The molecule has 0 amide bonds. The van der Waals surface area contributed by atoms with E-state index in [1.165, 1.54) is 11.1 Å². The Morgan fingerprint density at radius 3 is 2.25 bits per heavy atom. The van der Waals surface area contributed by atoms with Crippen LogP contribution in [-0.2, 0) is 0 Å². The van der Waals surface area contributed by atoms with Gasteiger partial charge in [-0.15, -0.1) is 0 Å². The Morgan fingerprint density at radius 1 is 1.15 bits per heavy atom. The first-order chi connectivity index (χ1) is 9.53. The maximum Gasteiger partial charge on any atom is 0.0504 e. The lowest BCUT2D eigenvalue weighted by Gasteiger charge is -2.46. The van der Waals surface area contributed by atoms with Gasteiger partial charge in [-0.25, -0.2) is 0 Å². The number of nitrogens with one attached hydrogen (secondary N) is 1. The molecule has 2 nitrogen and oxygen atoms in total. The zero-order valence-corrected chi connectivity index (χ0v) is 14.2. The number of nitrogens with zero attached hydrogens (tertiary/aromatic N) is 1. The number of benzene rings is 1. The normalized spacial score (nSPS) is 16.1. The van der Waals surface area contributed by atoms with Gasteiger partial charge in [0.2, 0.25) is 0 Å². The van der Waals surface area contributed by atoms with Gasteiger partial charge in [-0.05, 0) is 45.5 Å². The molecule has 0 saturated heterocycles. The Labute approximate surface area is 125 Å². The second kappa shape index (κ2) is 7.80. The summed E-state index contributed by atoms with van der Waals surface area (Å²) in [6.45, 7) is 16.8. The van der Waals surface area contributed by atoms with E-state index in [1.54, 1.807) is 0 Å². The SMILES string of the molecule is CCNC(c1cccc(C)c1)C(C)(CC)N(CC)CC. The number of likely N-dealkylation sites (N-methyl/N-ethyl adjacent to an activating group) is 2. The van der Waals surface area contributed by atoms with Crippen molar-refractivity contribution in [3.05, 3.63) is 35.4 Å². The van der Waals surface area contributed by atoms with Crippen molar-refractivity contribution in [3.8, 4) is 0 Å². The second-order valence-corrected chi connectivity index (χ2v) is 5.79. The summed E-state index contributed by atoms with van der Waals surface area (Å²) in [6, 6.07) is 9.31. The molecule has 1 aromatic carbocycles. The van der Waals surface area contributed by atoms with Crippen molar-refractivity contribution in [2.75, 3.05) is 19.6 Å². The van der Waals surface area contributed by atoms with E-state index < -0.39 is 0 Å². The predicted octanol–water partition coefficient (Wildman–Crippen LogP) is 4.16. The third-order valence-corrected chi connectivity index (χ3v) is 4.61. The molecule has 0 saturated carbocycles. The highest BCUT2D eigenvalue weighted by Gasteiger charge is 2.37. The molecule has 0 fully saturated rings. The lowest BCUT2D eigenvalue weighted by atomic mass is 9.82. The molecule has 2 heteroatoms. The van der Waals surface area contributed by atoms with Crippen LogP contribution in [0.5, 0.6) is 0 Å². The van der Waals surface area contributed by atoms with Crippen molar-refractivity contribution >= 4 is 0 Å². The fourth-order valence-electron chi connectivity index (χ4n) is 3.31. The van der Waals surface area contributed by atoms with Crippen LogP contribution in [0.2, 0.25) is 0 Å². The first-order valence-electron chi connectivity index (χ1n) is 8.08. The van der Waals surface area contributed by atoms with Gasteiger partial charge in [0.25, 0.3) is 0 Å². The van der Waals surface area contributed by atoms with E-state index in [9.17, 15) is 0 Å². The van der Waals surface area contributed by atoms with E-state index in [0.29, 0.717) is 6.04 Å². The standard InChI is InChI=1S/C18H32N2/c1-7-18(6,20(9-3)10-4)17(19-8-2)16-13-11-12-15(5)14-16/h11-14,17,19H,7-10H2,1-6H3. The first-order valence-corrected chi connectivity index (χ1v) is 8.08. The lowest BCUT2D eigenvalue weighted by molar-refractivity contribution is 0.0704. The van der Waals surface area contributed by atoms with Gasteiger partial charge >= 0.3 is 0 Å². The minimum absolute atomic E-state index is 0.146. The Kier molecular flexibility index (Phi) is 6.70. The third-order valence-electron chi connectivity index (χ3n) is 4.61. The summed E-state index contributed by atoms with van der Waals surface area (Å²) in [5.74, 6) is 0. The van der Waals surface area contributed by atoms with Crippen molar-refractivity contribution in [2.45, 2.75) is 59.5 Å². The molecule has 0 aliphatic rings. The quantitative estimate of drug-likeness (QED) is 0.767. The molecule has 114 valence electrons. The van der Waals surface area contributed by atoms with E-state index >= 15 is 0 Å². The monoisotopic (exact) mass is 276 g/mol. The Hall–Kier alpha value is -0.860. The zero-order valence-electron chi connectivity index (χ0n) is 14.2. The van der Waals surface area contributed by atoms with E-state index in [4.69, 9.17) is 0 Å². The molecule has 1 N–H and O–H groups in total. The summed E-state index contributed by atoms with van der Waals surface area (Å²) < 4.78 is 0. The van der Waals surface area contributed by atoms with Crippen molar-refractivity contribution in [1.29, 1.82) is 0 Å². The van der Waals surface area contributed by atoms with Gasteiger partial charge < -0.3 is 5.32 Å². The predicted molar refractivity (Wildman–Crippen MR) is 89.2 cm³/mol. The van der Waals surface area contributed by atoms with Crippen LogP contribution < -0.4 is 5.32 Å². The topological polar surface area (TPSA) is 15.3 Å². The van der Waals surface area contributed by atoms with Gasteiger partial charge in [0.15, 0.2) is 0 Å². The van der Waals surface area contributed by atoms with E-state index in [2.05, 4.69) is 76.0 Å². The number of hydrogen-bond donors (Lipinski definition) is 1. The van der Waals surface area contributed by atoms with E-state index in [1.807, 2.05) is 0 Å². The van der Waals surface area contributed by atoms with Crippen LogP contribution in [0.4, 0.5) is 0 Å².